The molecule has 8 heteroatoms. The van der Waals surface area contributed by atoms with Crippen molar-refractivity contribution in [3.8, 4) is 0 Å². The van der Waals surface area contributed by atoms with Crippen LogP contribution in [0.4, 0.5) is 0 Å². The van der Waals surface area contributed by atoms with E-state index in [4.69, 9.17) is 11.5 Å². The van der Waals surface area contributed by atoms with Crippen LogP contribution >= 0.6 is 0 Å². The number of hydrogen-bond acceptors (Lipinski definition) is 4. The highest BCUT2D eigenvalue weighted by atomic mass is 16.2. The predicted octanol–water partition coefficient (Wildman–Crippen LogP) is 4.66. The van der Waals surface area contributed by atoms with E-state index in [9.17, 15) is 9.59 Å². The number of nitrogens with zero attached hydrogens (tertiary/aromatic N) is 2. The second-order valence-corrected chi connectivity index (χ2v) is 12.6. The fourth-order valence-corrected chi connectivity index (χ4v) is 6.77. The minimum atomic E-state index is -0.415. The molecule has 0 bridgehead atoms. The first-order chi connectivity index (χ1) is 21.7. The summed E-state index contributed by atoms with van der Waals surface area (Å²) >= 11 is 0. The zero-order valence-electron chi connectivity index (χ0n) is 26.4. The number of nitrogens with two attached hydrogens (primary N) is 2. The van der Waals surface area contributed by atoms with Crippen molar-refractivity contribution < 1.29 is 9.59 Å². The Morgan fingerprint density at radius 2 is 1.82 bits per heavy atom. The summed E-state index contributed by atoms with van der Waals surface area (Å²) in [5, 5.41) is 8.84. The molecule has 1 fully saturated rings. The largest absolute Gasteiger partial charge is 0.370 e. The van der Waals surface area contributed by atoms with Crippen molar-refractivity contribution >= 4 is 28.5 Å². The van der Waals surface area contributed by atoms with E-state index < -0.39 is 6.04 Å². The molecule has 3 aromatic carbocycles. The van der Waals surface area contributed by atoms with Crippen LogP contribution in [0.3, 0.4) is 0 Å². The number of aliphatic imine (C=N–C) groups is 1. The van der Waals surface area contributed by atoms with Crippen molar-refractivity contribution in [3.05, 3.63) is 108 Å². The second kappa shape index (κ2) is 14.6. The topological polar surface area (TPSA) is 126 Å². The quantitative estimate of drug-likeness (QED) is 0.144. The third kappa shape index (κ3) is 7.81. The van der Waals surface area contributed by atoms with Gasteiger partial charge in [0.25, 0.3) is 5.91 Å². The van der Waals surface area contributed by atoms with Crippen molar-refractivity contribution in [2.45, 2.75) is 57.0 Å². The van der Waals surface area contributed by atoms with Crippen molar-refractivity contribution in [2.75, 3.05) is 26.2 Å². The summed E-state index contributed by atoms with van der Waals surface area (Å²) in [7, 11) is 0. The zero-order chi connectivity index (χ0) is 31.8. The Kier molecular flexibility index (Phi) is 10.4. The fraction of sp³-hybridized carbons (Fsp3) is 0.378. The number of allylic oxidation sites excluding steroid dienone is 3. The van der Waals surface area contributed by atoms with Gasteiger partial charge in [0.15, 0.2) is 5.96 Å². The Morgan fingerprint density at radius 3 is 2.58 bits per heavy atom. The van der Waals surface area contributed by atoms with Gasteiger partial charge in [0.05, 0.1) is 6.04 Å². The van der Waals surface area contributed by atoms with Gasteiger partial charge in [-0.2, -0.15) is 0 Å². The lowest BCUT2D eigenvalue weighted by Crippen LogP contribution is -2.51. The second-order valence-electron chi connectivity index (χ2n) is 12.6. The number of fused-ring (bicyclic) bond motifs is 1. The van der Waals surface area contributed by atoms with Crippen LogP contribution in [0.2, 0.25) is 0 Å². The van der Waals surface area contributed by atoms with Gasteiger partial charge in [-0.15, -0.1) is 0 Å². The third-order valence-corrected chi connectivity index (χ3v) is 9.25. The van der Waals surface area contributed by atoms with E-state index >= 15 is 0 Å². The molecule has 3 aromatic rings. The molecule has 6 N–H and O–H groups in total. The highest BCUT2D eigenvalue weighted by Crippen LogP contribution is 2.40. The Bertz CT molecular complexity index is 1580. The molecular formula is C37H46N6O2. The van der Waals surface area contributed by atoms with E-state index in [1.807, 2.05) is 53.4 Å². The molecule has 45 heavy (non-hydrogen) atoms. The Morgan fingerprint density at radius 1 is 1.07 bits per heavy atom. The van der Waals surface area contributed by atoms with Crippen LogP contribution < -0.4 is 22.1 Å². The van der Waals surface area contributed by atoms with Crippen LogP contribution in [0.1, 0.15) is 55.5 Å². The van der Waals surface area contributed by atoms with Gasteiger partial charge in [0, 0.05) is 43.2 Å². The molecule has 0 saturated carbocycles. The van der Waals surface area contributed by atoms with Crippen molar-refractivity contribution in [1.82, 2.24) is 15.5 Å². The molecule has 4 atom stereocenters. The average molecular weight is 607 g/mol. The lowest BCUT2D eigenvalue weighted by molar-refractivity contribution is -0.133. The molecule has 236 valence electrons. The SMILES string of the molecule is CC1CC=CC=C1C(C)(CN1CC[C@@H](CNC(=O)c2ccc3ccccc3c2)N[C@@H](CCCN=C(N)N)C1=O)c1ccccc1. The molecule has 0 spiro atoms. The molecule has 1 saturated heterocycles. The van der Waals surface area contributed by atoms with Crippen molar-refractivity contribution in [1.29, 1.82) is 0 Å². The van der Waals surface area contributed by atoms with Gasteiger partial charge < -0.3 is 27.0 Å². The van der Waals surface area contributed by atoms with Crippen molar-refractivity contribution in [2.24, 2.45) is 22.4 Å². The fourth-order valence-electron chi connectivity index (χ4n) is 6.77. The van der Waals surface area contributed by atoms with Crippen molar-refractivity contribution in [3.63, 3.8) is 0 Å². The summed E-state index contributed by atoms with van der Waals surface area (Å²) in [5.74, 6) is 0.370. The molecule has 0 radical (unpaired) electrons. The van der Waals surface area contributed by atoms with Gasteiger partial charge in [-0.3, -0.25) is 14.6 Å². The van der Waals surface area contributed by atoms with Gasteiger partial charge >= 0.3 is 0 Å². The maximum absolute atomic E-state index is 14.2. The minimum Gasteiger partial charge on any atom is -0.370 e. The van der Waals surface area contributed by atoms with E-state index in [1.54, 1.807) is 0 Å². The van der Waals surface area contributed by atoms with E-state index in [1.165, 1.54) is 11.1 Å². The third-order valence-electron chi connectivity index (χ3n) is 9.25. The molecule has 8 nitrogen and oxygen atoms in total. The van der Waals surface area contributed by atoms with Crippen LogP contribution in [-0.4, -0.2) is 60.9 Å². The molecule has 5 rings (SSSR count). The molecule has 1 aliphatic carbocycles. The summed E-state index contributed by atoms with van der Waals surface area (Å²) in [6, 6.07) is 23.8. The molecular weight excluding hydrogens is 560 g/mol. The maximum atomic E-state index is 14.2. The maximum Gasteiger partial charge on any atom is 0.251 e. The van der Waals surface area contributed by atoms with Gasteiger partial charge in [0.2, 0.25) is 5.91 Å². The average Bonchev–Trinajstić information content (AvgIpc) is 3.20. The standard InChI is InChI=1S/C37H46N6O2/c1-26-11-6-9-16-32(26)37(2,30-14-4-3-5-15-30)25-43-22-20-31(42-33(35(43)45)17-10-21-40-36(38)39)24-41-34(44)29-19-18-27-12-7-8-13-28(27)23-29/h3-9,12-16,18-19,23,26,31,33,42H,10-11,17,20-22,24-25H2,1-2H3,(H,41,44)(H4,38,39,40)/t26?,31-,33-,37?/m0/s1. The zero-order valence-corrected chi connectivity index (χ0v) is 26.4. The van der Waals surface area contributed by atoms with E-state index in [0.717, 1.165) is 17.2 Å². The predicted molar refractivity (Wildman–Crippen MR) is 183 cm³/mol. The van der Waals surface area contributed by atoms with Gasteiger partial charge in [-0.25, -0.2) is 0 Å². The first-order valence-electron chi connectivity index (χ1n) is 16.0. The number of carbonyl (C=O) groups is 2. The summed E-state index contributed by atoms with van der Waals surface area (Å²) in [6.07, 6.45) is 9.54. The highest BCUT2D eigenvalue weighted by molar-refractivity contribution is 5.98. The molecule has 1 heterocycles. The van der Waals surface area contributed by atoms with Crippen LogP contribution in [-0.2, 0) is 10.2 Å². The Labute approximate surface area is 266 Å². The number of nitrogens with one attached hydrogen (secondary N) is 2. The summed E-state index contributed by atoms with van der Waals surface area (Å²) < 4.78 is 0. The first-order valence-corrected chi connectivity index (χ1v) is 16.0. The minimum absolute atomic E-state index is 0.0496. The van der Waals surface area contributed by atoms with Crippen LogP contribution in [0, 0.1) is 5.92 Å². The summed E-state index contributed by atoms with van der Waals surface area (Å²) in [4.78, 5) is 33.6. The molecule has 2 aliphatic rings. The number of amides is 2. The Hall–Kier alpha value is -4.43. The van der Waals surface area contributed by atoms with Crippen LogP contribution in [0.15, 0.2) is 102 Å². The number of benzene rings is 3. The van der Waals surface area contributed by atoms with Crippen LogP contribution in [0.25, 0.3) is 10.8 Å². The summed E-state index contributed by atoms with van der Waals surface area (Å²) in [5.41, 5.74) is 13.9. The molecule has 0 aromatic heterocycles. The normalized spacial score (nSPS) is 21.5. The van der Waals surface area contributed by atoms with Gasteiger partial charge in [-0.05, 0) is 60.1 Å². The molecule has 1 aliphatic heterocycles. The number of hydrogen-bond donors (Lipinski definition) is 4. The smallest absolute Gasteiger partial charge is 0.251 e. The number of rotatable bonds is 11. The van der Waals surface area contributed by atoms with Crippen LogP contribution in [0.5, 0.6) is 0 Å². The van der Waals surface area contributed by atoms with Gasteiger partial charge in [0.1, 0.15) is 0 Å². The summed E-state index contributed by atoms with van der Waals surface area (Å²) in [6.45, 7) is 6.57. The number of carbonyl (C=O) groups excluding carboxylic acids is 2. The number of guanidine groups is 1. The van der Waals surface area contributed by atoms with E-state index in [2.05, 4.69) is 72.0 Å². The lowest BCUT2D eigenvalue weighted by atomic mass is 9.69. The van der Waals surface area contributed by atoms with E-state index in [0.29, 0.717) is 56.9 Å². The van der Waals surface area contributed by atoms with E-state index in [-0.39, 0.29) is 29.2 Å². The Balaban J connectivity index is 1.35. The monoisotopic (exact) mass is 606 g/mol. The molecule has 2 unspecified atom stereocenters. The lowest BCUT2D eigenvalue weighted by Gasteiger charge is -2.41. The molecule has 2 amide bonds. The highest BCUT2D eigenvalue weighted by Gasteiger charge is 2.39. The van der Waals surface area contributed by atoms with Gasteiger partial charge in [-0.1, -0.05) is 98.3 Å². The first kappa shape index (κ1) is 32.0.